The predicted molar refractivity (Wildman–Crippen MR) is 54.4 cm³/mol. The van der Waals surface area contributed by atoms with E-state index in [1.807, 2.05) is 27.7 Å². The normalized spacial score (nSPS) is 19.6. The molecule has 0 saturated carbocycles. The van der Waals surface area contributed by atoms with Gasteiger partial charge < -0.3 is 15.9 Å². The van der Waals surface area contributed by atoms with Crippen LogP contribution < -0.4 is 5.73 Å². The van der Waals surface area contributed by atoms with Gasteiger partial charge in [0.05, 0.1) is 11.7 Å². The van der Waals surface area contributed by atoms with E-state index in [4.69, 9.17) is 5.73 Å². The van der Waals surface area contributed by atoms with Crippen molar-refractivity contribution in [3.8, 4) is 0 Å². The Labute approximate surface area is 81.0 Å². The van der Waals surface area contributed by atoms with E-state index in [-0.39, 0.29) is 12.0 Å². The number of hydrogen-bond acceptors (Lipinski definition) is 3. The standard InChI is InChI=1S/C10H23NO2/c1-5-10(13,9(2,3)4)6-8(12)7-11/h8,12-13H,5-7,11H2,1-4H3. The van der Waals surface area contributed by atoms with Crippen LogP contribution in [0.25, 0.3) is 0 Å². The highest BCUT2D eigenvalue weighted by Gasteiger charge is 2.39. The zero-order valence-corrected chi connectivity index (χ0v) is 9.17. The van der Waals surface area contributed by atoms with E-state index >= 15 is 0 Å². The summed E-state index contributed by atoms with van der Waals surface area (Å²) in [7, 11) is 0. The largest absolute Gasteiger partial charge is 0.392 e. The van der Waals surface area contributed by atoms with E-state index < -0.39 is 11.7 Å². The molecule has 0 heterocycles. The van der Waals surface area contributed by atoms with Crippen LogP contribution in [0.15, 0.2) is 0 Å². The second-order valence-corrected chi connectivity index (χ2v) is 4.73. The Morgan fingerprint density at radius 3 is 2.00 bits per heavy atom. The van der Waals surface area contributed by atoms with Crippen LogP contribution in [0.5, 0.6) is 0 Å². The van der Waals surface area contributed by atoms with Gasteiger partial charge in [-0.25, -0.2) is 0 Å². The first-order valence-electron chi connectivity index (χ1n) is 4.87. The maximum Gasteiger partial charge on any atom is 0.0718 e. The molecule has 2 unspecified atom stereocenters. The molecule has 0 aromatic carbocycles. The van der Waals surface area contributed by atoms with Gasteiger partial charge in [-0.05, 0) is 11.8 Å². The zero-order valence-electron chi connectivity index (χ0n) is 9.17. The Hall–Kier alpha value is -0.120. The van der Waals surface area contributed by atoms with Crippen molar-refractivity contribution in [2.75, 3.05) is 6.54 Å². The summed E-state index contributed by atoms with van der Waals surface area (Å²) in [5, 5.41) is 19.6. The highest BCUT2D eigenvalue weighted by Crippen LogP contribution is 2.36. The third-order valence-corrected chi connectivity index (χ3v) is 2.83. The number of aliphatic hydroxyl groups is 2. The molecule has 80 valence electrons. The summed E-state index contributed by atoms with van der Waals surface area (Å²) in [5.74, 6) is 0. The van der Waals surface area contributed by atoms with Crippen LogP contribution in [0.4, 0.5) is 0 Å². The predicted octanol–water partition coefficient (Wildman–Crippen LogP) is 0.883. The first kappa shape index (κ1) is 12.9. The molecule has 0 fully saturated rings. The van der Waals surface area contributed by atoms with Crippen molar-refractivity contribution < 1.29 is 10.2 Å². The molecule has 3 heteroatoms. The van der Waals surface area contributed by atoms with E-state index in [0.29, 0.717) is 12.8 Å². The molecule has 0 radical (unpaired) electrons. The molecule has 13 heavy (non-hydrogen) atoms. The fourth-order valence-electron chi connectivity index (χ4n) is 1.45. The smallest absolute Gasteiger partial charge is 0.0718 e. The number of aliphatic hydroxyl groups excluding tert-OH is 1. The van der Waals surface area contributed by atoms with E-state index in [9.17, 15) is 10.2 Å². The summed E-state index contributed by atoms with van der Waals surface area (Å²) in [6.07, 6.45) is 0.376. The molecule has 3 nitrogen and oxygen atoms in total. The Bertz CT molecular complexity index is 153. The SMILES string of the molecule is CCC(O)(CC(O)CN)C(C)(C)C. The molecular formula is C10H23NO2. The summed E-state index contributed by atoms with van der Waals surface area (Å²) in [4.78, 5) is 0. The lowest BCUT2D eigenvalue weighted by Gasteiger charge is -2.41. The van der Waals surface area contributed by atoms with Crippen molar-refractivity contribution in [3.63, 3.8) is 0 Å². The lowest BCUT2D eigenvalue weighted by molar-refractivity contribution is -0.0899. The first-order chi connectivity index (χ1) is 5.77. The third kappa shape index (κ3) is 3.25. The quantitative estimate of drug-likeness (QED) is 0.615. The average molecular weight is 189 g/mol. The summed E-state index contributed by atoms with van der Waals surface area (Å²) in [5.41, 5.74) is 4.26. The van der Waals surface area contributed by atoms with Crippen LogP contribution >= 0.6 is 0 Å². The van der Waals surface area contributed by atoms with Crippen molar-refractivity contribution in [2.45, 2.75) is 52.2 Å². The minimum Gasteiger partial charge on any atom is -0.392 e. The molecule has 0 aliphatic heterocycles. The van der Waals surface area contributed by atoms with Crippen molar-refractivity contribution >= 4 is 0 Å². The van der Waals surface area contributed by atoms with Gasteiger partial charge >= 0.3 is 0 Å². The second kappa shape index (κ2) is 4.40. The van der Waals surface area contributed by atoms with Gasteiger partial charge in [0.1, 0.15) is 0 Å². The Morgan fingerprint density at radius 1 is 1.31 bits per heavy atom. The summed E-state index contributed by atoms with van der Waals surface area (Å²) < 4.78 is 0. The maximum absolute atomic E-state index is 10.2. The van der Waals surface area contributed by atoms with Gasteiger partial charge in [-0.2, -0.15) is 0 Å². The van der Waals surface area contributed by atoms with Gasteiger partial charge in [-0.1, -0.05) is 27.7 Å². The highest BCUT2D eigenvalue weighted by molar-refractivity contribution is 4.91. The van der Waals surface area contributed by atoms with Gasteiger partial charge in [0, 0.05) is 13.0 Å². The van der Waals surface area contributed by atoms with Gasteiger partial charge in [0.25, 0.3) is 0 Å². The van der Waals surface area contributed by atoms with E-state index in [0.717, 1.165) is 0 Å². The molecular weight excluding hydrogens is 166 g/mol. The molecule has 0 aliphatic rings. The van der Waals surface area contributed by atoms with Crippen molar-refractivity contribution in [1.82, 2.24) is 0 Å². The summed E-state index contributed by atoms with van der Waals surface area (Å²) >= 11 is 0. The van der Waals surface area contributed by atoms with Crippen LogP contribution in [0.3, 0.4) is 0 Å². The minimum absolute atomic E-state index is 0.207. The highest BCUT2D eigenvalue weighted by atomic mass is 16.3. The average Bonchev–Trinajstić information content (AvgIpc) is 2.02. The molecule has 0 rings (SSSR count). The van der Waals surface area contributed by atoms with Crippen molar-refractivity contribution in [1.29, 1.82) is 0 Å². The molecule has 2 atom stereocenters. The van der Waals surface area contributed by atoms with Crippen LogP contribution in [0.2, 0.25) is 0 Å². The Kier molecular flexibility index (Phi) is 4.36. The summed E-state index contributed by atoms with van der Waals surface area (Å²) in [6, 6.07) is 0. The molecule has 0 aliphatic carbocycles. The zero-order chi connectivity index (χ0) is 10.7. The van der Waals surface area contributed by atoms with Crippen LogP contribution in [0, 0.1) is 5.41 Å². The topological polar surface area (TPSA) is 66.5 Å². The lowest BCUT2D eigenvalue weighted by atomic mass is 9.72. The van der Waals surface area contributed by atoms with Crippen LogP contribution in [0.1, 0.15) is 40.5 Å². The molecule has 0 aromatic rings. The maximum atomic E-state index is 10.2. The minimum atomic E-state index is -0.828. The lowest BCUT2D eigenvalue weighted by Crippen LogP contribution is -2.46. The molecule has 0 bridgehead atoms. The van der Waals surface area contributed by atoms with Gasteiger partial charge in [-0.3, -0.25) is 0 Å². The summed E-state index contributed by atoms with van der Waals surface area (Å²) in [6.45, 7) is 8.05. The fraction of sp³-hybridized carbons (Fsp3) is 1.00. The van der Waals surface area contributed by atoms with Gasteiger partial charge in [0.2, 0.25) is 0 Å². The van der Waals surface area contributed by atoms with E-state index in [1.165, 1.54) is 0 Å². The number of nitrogens with two attached hydrogens (primary N) is 1. The fourth-order valence-corrected chi connectivity index (χ4v) is 1.45. The number of hydrogen-bond donors (Lipinski definition) is 3. The Morgan fingerprint density at radius 2 is 1.77 bits per heavy atom. The Balaban J connectivity index is 4.46. The van der Waals surface area contributed by atoms with Crippen molar-refractivity contribution in [2.24, 2.45) is 11.1 Å². The van der Waals surface area contributed by atoms with Gasteiger partial charge in [-0.15, -0.1) is 0 Å². The molecule has 0 spiro atoms. The van der Waals surface area contributed by atoms with Gasteiger partial charge in [0.15, 0.2) is 0 Å². The van der Waals surface area contributed by atoms with Crippen molar-refractivity contribution in [3.05, 3.63) is 0 Å². The monoisotopic (exact) mass is 189 g/mol. The molecule has 0 saturated heterocycles. The van der Waals surface area contributed by atoms with E-state index in [1.54, 1.807) is 0 Å². The number of rotatable bonds is 4. The molecule has 4 N–H and O–H groups in total. The third-order valence-electron chi connectivity index (χ3n) is 2.83. The first-order valence-corrected chi connectivity index (χ1v) is 4.87. The van der Waals surface area contributed by atoms with E-state index in [2.05, 4.69) is 0 Å². The molecule has 0 aromatic heterocycles. The molecule has 0 amide bonds. The van der Waals surface area contributed by atoms with Crippen LogP contribution in [-0.4, -0.2) is 28.5 Å². The van der Waals surface area contributed by atoms with Crippen LogP contribution in [-0.2, 0) is 0 Å². The second-order valence-electron chi connectivity index (χ2n) is 4.73.